The number of ether oxygens (including phenoxy) is 3. The van der Waals surface area contributed by atoms with Gasteiger partial charge in [-0.3, -0.25) is 9.59 Å². The highest BCUT2D eigenvalue weighted by Gasteiger charge is 2.46. The lowest BCUT2D eigenvalue weighted by Crippen LogP contribution is -2.32. The van der Waals surface area contributed by atoms with Crippen LogP contribution >= 0.6 is 11.6 Å². The number of Topliss-reactive ketones (excluding diaryl/α,β-unsaturated/α-hetero) is 1. The second kappa shape index (κ2) is 10.3. The minimum atomic E-state index is -0.846. The van der Waals surface area contributed by atoms with Gasteiger partial charge in [-0.15, -0.1) is 0 Å². The summed E-state index contributed by atoms with van der Waals surface area (Å²) < 4.78 is 16.1. The fourth-order valence-corrected chi connectivity index (χ4v) is 3.76. The van der Waals surface area contributed by atoms with Crippen molar-refractivity contribution in [1.82, 2.24) is 4.90 Å². The fourth-order valence-electron chi connectivity index (χ4n) is 3.59. The second-order valence-corrected chi connectivity index (χ2v) is 7.44. The van der Waals surface area contributed by atoms with Gasteiger partial charge in [0.05, 0.1) is 30.9 Å². The first kappa shape index (κ1) is 23.4. The van der Waals surface area contributed by atoms with E-state index in [0.29, 0.717) is 28.7 Å². The Hall–Kier alpha value is -3.29. The van der Waals surface area contributed by atoms with Crippen LogP contribution in [0.3, 0.4) is 0 Å². The number of aliphatic hydroxyl groups excluding tert-OH is 1. The summed E-state index contributed by atoms with van der Waals surface area (Å²) in [6, 6.07) is 10.8. The standard InChI is InChI=1S/C24H24ClNO6/c1-4-11-32-17-7-5-6-15(13-17)21-20(23(28)24(29)26(21)10-12-30-2)22(27)18-14-16(25)8-9-19(18)31-3/h4-9,13-14,21,27H,1,10-12H2,2-3H3/b22-20+. The molecule has 168 valence electrons. The van der Waals surface area contributed by atoms with Crippen LogP contribution in [-0.2, 0) is 14.3 Å². The Balaban J connectivity index is 2.20. The van der Waals surface area contributed by atoms with Gasteiger partial charge in [-0.2, -0.15) is 0 Å². The highest BCUT2D eigenvalue weighted by molar-refractivity contribution is 6.46. The maximum Gasteiger partial charge on any atom is 0.295 e. The molecular formula is C24H24ClNO6. The summed E-state index contributed by atoms with van der Waals surface area (Å²) in [5.41, 5.74) is 0.755. The third kappa shape index (κ3) is 4.64. The zero-order valence-electron chi connectivity index (χ0n) is 17.8. The van der Waals surface area contributed by atoms with E-state index in [9.17, 15) is 14.7 Å². The smallest absolute Gasteiger partial charge is 0.295 e. The molecule has 1 unspecified atom stereocenters. The molecule has 0 bridgehead atoms. The van der Waals surface area contributed by atoms with Crippen molar-refractivity contribution in [2.75, 3.05) is 34.0 Å². The number of carbonyl (C=O) groups excluding carboxylic acids is 2. The summed E-state index contributed by atoms with van der Waals surface area (Å²) in [4.78, 5) is 27.3. The molecule has 0 saturated carbocycles. The molecule has 1 fully saturated rings. The van der Waals surface area contributed by atoms with Crippen LogP contribution in [0.5, 0.6) is 11.5 Å². The van der Waals surface area contributed by atoms with Gasteiger partial charge < -0.3 is 24.2 Å². The van der Waals surface area contributed by atoms with E-state index in [1.54, 1.807) is 42.5 Å². The average Bonchev–Trinajstić information content (AvgIpc) is 3.05. The highest BCUT2D eigenvalue weighted by atomic mass is 35.5. The first-order valence-electron chi connectivity index (χ1n) is 9.87. The van der Waals surface area contributed by atoms with E-state index in [0.717, 1.165) is 0 Å². The third-order valence-electron chi connectivity index (χ3n) is 5.03. The molecule has 1 N–H and O–H groups in total. The Morgan fingerprint density at radius 3 is 2.69 bits per heavy atom. The number of ketones is 1. The van der Waals surface area contributed by atoms with Crippen LogP contribution < -0.4 is 9.47 Å². The summed E-state index contributed by atoms with van der Waals surface area (Å²) in [5, 5.41) is 11.5. The third-order valence-corrected chi connectivity index (χ3v) is 5.27. The van der Waals surface area contributed by atoms with Crippen molar-refractivity contribution in [3.05, 3.63) is 76.8 Å². The summed E-state index contributed by atoms with van der Waals surface area (Å²) in [5.74, 6) is -1.04. The quantitative estimate of drug-likeness (QED) is 0.265. The number of amides is 1. The summed E-state index contributed by atoms with van der Waals surface area (Å²) >= 11 is 6.12. The van der Waals surface area contributed by atoms with Gasteiger partial charge in [0.2, 0.25) is 0 Å². The van der Waals surface area contributed by atoms with Gasteiger partial charge in [0, 0.05) is 18.7 Å². The average molecular weight is 458 g/mol. The van der Waals surface area contributed by atoms with E-state index in [-0.39, 0.29) is 30.0 Å². The number of nitrogens with zero attached hydrogens (tertiary/aromatic N) is 1. The van der Waals surface area contributed by atoms with Crippen molar-refractivity contribution in [1.29, 1.82) is 0 Å². The van der Waals surface area contributed by atoms with Crippen molar-refractivity contribution >= 4 is 29.1 Å². The Morgan fingerprint density at radius 1 is 1.22 bits per heavy atom. The molecule has 0 aromatic heterocycles. The molecule has 32 heavy (non-hydrogen) atoms. The van der Waals surface area contributed by atoms with Crippen LogP contribution in [0, 0.1) is 0 Å². The van der Waals surface area contributed by atoms with Crippen LogP contribution in [-0.4, -0.2) is 55.7 Å². The molecule has 1 heterocycles. The SMILES string of the molecule is C=CCOc1cccc(C2/C(=C(\O)c3cc(Cl)ccc3OC)C(=O)C(=O)N2CCOC)c1. The van der Waals surface area contributed by atoms with E-state index in [4.69, 9.17) is 25.8 Å². The van der Waals surface area contributed by atoms with Crippen LogP contribution in [0.4, 0.5) is 0 Å². The van der Waals surface area contributed by atoms with Crippen LogP contribution in [0.2, 0.25) is 5.02 Å². The fraction of sp³-hybridized carbons (Fsp3) is 0.250. The van der Waals surface area contributed by atoms with E-state index >= 15 is 0 Å². The maximum absolute atomic E-state index is 13.1. The van der Waals surface area contributed by atoms with E-state index < -0.39 is 17.7 Å². The number of aliphatic hydroxyl groups is 1. The van der Waals surface area contributed by atoms with E-state index in [1.807, 2.05) is 0 Å². The van der Waals surface area contributed by atoms with Gasteiger partial charge >= 0.3 is 0 Å². The minimum Gasteiger partial charge on any atom is -0.507 e. The van der Waals surface area contributed by atoms with E-state index in [1.165, 1.54) is 25.2 Å². The lowest BCUT2D eigenvalue weighted by atomic mass is 9.95. The normalized spacial score (nSPS) is 17.5. The van der Waals surface area contributed by atoms with Crippen LogP contribution in [0.1, 0.15) is 17.2 Å². The molecule has 0 radical (unpaired) electrons. The number of methoxy groups -OCH3 is 2. The predicted octanol–water partition coefficient (Wildman–Crippen LogP) is 3.98. The number of hydrogen-bond donors (Lipinski definition) is 1. The minimum absolute atomic E-state index is 0.0625. The Morgan fingerprint density at radius 2 is 2.00 bits per heavy atom. The Labute approximate surface area is 191 Å². The Bertz CT molecular complexity index is 1060. The van der Waals surface area contributed by atoms with Crippen molar-refractivity contribution < 1.29 is 28.9 Å². The van der Waals surface area contributed by atoms with Gasteiger partial charge in [0.25, 0.3) is 11.7 Å². The maximum atomic E-state index is 13.1. The number of rotatable bonds is 9. The van der Waals surface area contributed by atoms with Crippen molar-refractivity contribution in [2.45, 2.75) is 6.04 Å². The molecule has 7 nitrogen and oxygen atoms in total. The topological polar surface area (TPSA) is 85.3 Å². The first-order valence-corrected chi connectivity index (χ1v) is 10.3. The first-order chi connectivity index (χ1) is 15.4. The van der Waals surface area contributed by atoms with Crippen molar-refractivity contribution in [3.63, 3.8) is 0 Å². The molecule has 0 spiro atoms. The predicted molar refractivity (Wildman–Crippen MR) is 121 cm³/mol. The lowest BCUT2D eigenvalue weighted by molar-refractivity contribution is -0.140. The molecule has 3 rings (SSSR count). The van der Waals surface area contributed by atoms with E-state index in [2.05, 4.69) is 6.58 Å². The van der Waals surface area contributed by atoms with Crippen LogP contribution in [0.15, 0.2) is 60.7 Å². The largest absolute Gasteiger partial charge is 0.507 e. The molecule has 1 saturated heterocycles. The molecule has 1 aliphatic heterocycles. The molecule has 0 aliphatic carbocycles. The molecule has 2 aromatic rings. The molecular weight excluding hydrogens is 434 g/mol. The molecule has 8 heteroatoms. The Kier molecular flexibility index (Phi) is 7.56. The zero-order valence-corrected chi connectivity index (χ0v) is 18.6. The summed E-state index contributed by atoms with van der Waals surface area (Å²) in [7, 11) is 2.95. The summed E-state index contributed by atoms with van der Waals surface area (Å²) in [6.45, 7) is 4.31. The monoisotopic (exact) mass is 457 g/mol. The van der Waals surface area contributed by atoms with Crippen LogP contribution in [0.25, 0.3) is 5.76 Å². The van der Waals surface area contributed by atoms with Crippen molar-refractivity contribution in [3.8, 4) is 11.5 Å². The number of benzene rings is 2. The number of likely N-dealkylation sites (tertiary alicyclic amines) is 1. The van der Waals surface area contributed by atoms with Gasteiger partial charge in [0.1, 0.15) is 23.9 Å². The number of halogens is 1. The lowest BCUT2D eigenvalue weighted by Gasteiger charge is -2.25. The molecule has 2 aromatic carbocycles. The van der Waals surface area contributed by atoms with Crippen molar-refractivity contribution in [2.24, 2.45) is 0 Å². The highest BCUT2D eigenvalue weighted by Crippen LogP contribution is 2.41. The van der Waals surface area contributed by atoms with Gasteiger partial charge in [-0.1, -0.05) is 36.4 Å². The zero-order chi connectivity index (χ0) is 23.3. The number of carbonyl (C=O) groups is 2. The van der Waals surface area contributed by atoms with Gasteiger partial charge in [-0.05, 0) is 35.9 Å². The number of hydrogen-bond acceptors (Lipinski definition) is 6. The molecule has 1 amide bonds. The molecule has 1 aliphatic rings. The molecule has 1 atom stereocenters. The second-order valence-electron chi connectivity index (χ2n) is 7.00. The van der Waals surface area contributed by atoms with Gasteiger partial charge in [0.15, 0.2) is 0 Å². The van der Waals surface area contributed by atoms with Gasteiger partial charge in [-0.25, -0.2) is 0 Å². The summed E-state index contributed by atoms with van der Waals surface area (Å²) in [6.07, 6.45) is 1.61.